The van der Waals surface area contributed by atoms with Gasteiger partial charge in [0.05, 0.1) is 0 Å². The fourth-order valence-corrected chi connectivity index (χ4v) is 0.906. The van der Waals surface area contributed by atoms with Crippen LogP contribution in [0.15, 0.2) is 6.07 Å². The first-order valence-corrected chi connectivity index (χ1v) is 3.53. The molecule has 0 spiro atoms. The molecule has 4 heteroatoms. The SMILES string of the molecule is C.CC(C)c1cc(F)nc(F)c1F. The van der Waals surface area contributed by atoms with Crippen molar-refractivity contribution >= 4 is 0 Å². The number of nitrogens with zero attached hydrogens (tertiary/aromatic N) is 1. The van der Waals surface area contributed by atoms with Gasteiger partial charge in [0, 0.05) is 0 Å². The first-order chi connectivity index (χ1) is 5.52. The minimum absolute atomic E-state index is 0. The zero-order chi connectivity index (χ0) is 9.30. The highest BCUT2D eigenvalue weighted by Gasteiger charge is 2.14. The molecule has 74 valence electrons. The zero-order valence-corrected chi connectivity index (χ0v) is 6.74. The summed E-state index contributed by atoms with van der Waals surface area (Å²) < 4.78 is 37.8. The molecule has 0 aliphatic carbocycles. The summed E-state index contributed by atoms with van der Waals surface area (Å²) in [6.07, 6.45) is 0. The summed E-state index contributed by atoms with van der Waals surface area (Å²) in [4.78, 5) is 2.71. The van der Waals surface area contributed by atoms with E-state index < -0.39 is 17.7 Å². The van der Waals surface area contributed by atoms with Crippen molar-refractivity contribution in [3.05, 3.63) is 29.3 Å². The number of rotatable bonds is 1. The number of pyridine rings is 1. The molecule has 0 aliphatic heterocycles. The third-order valence-electron chi connectivity index (χ3n) is 1.54. The largest absolute Gasteiger partial charge is 0.251 e. The maximum Gasteiger partial charge on any atom is 0.251 e. The third kappa shape index (κ3) is 2.44. The van der Waals surface area contributed by atoms with Crippen LogP contribution in [-0.4, -0.2) is 4.98 Å². The average molecular weight is 191 g/mol. The summed E-state index contributed by atoms with van der Waals surface area (Å²) in [7, 11) is 0. The van der Waals surface area contributed by atoms with E-state index in [-0.39, 0.29) is 18.9 Å². The van der Waals surface area contributed by atoms with Crippen LogP contribution >= 0.6 is 0 Å². The van der Waals surface area contributed by atoms with E-state index in [1.807, 2.05) is 0 Å². The standard InChI is InChI=1S/C8H8F3N.CH4/c1-4(2)5-3-6(9)12-8(11)7(5)10;/h3-4H,1-2H3;1H4. The summed E-state index contributed by atoms with van der Waals surface area (Å²) in [6, 6.07) is 0.906. The van der Waals surface area contributed by atoms with Gasteiger partial charge in [0.15, 0.2) is 5.82 Å². The molecule has 0 amide bonds. The first-order valence-electron chi connectivity index (χ1n) is 3.53. The highest BCUT2D eigenvalue weighted by Crippen LogP contribution is 2.19. The van der Waals surface area contributed by atoms with Crippen LogP contribution in [0.25, 0.3) is 0 Å². The van der Waals surface area contributed by atoms with Gasteiger partial charge in [-0.25, -0.2) is 4.39 Å². The van der Waals surface area contributed by atoms with E-state index in [1.165, 1.54) is 0 Å². The van der Waals surface area contributed by atoms with E-state index in [9.17, 15) is 13.2 Å². The summed E-state index contributed by atoms with van der Waals surface area (Å²) >= 11 is 0. The number of hydrogen-bond donors (Lipinski definition) is 0. The van der Waals surface area contributed by atoms with Gasteiger partial charge in [-0.2, -0.15) is 13.8 Å². The van der Waals surface area contributed by atoms with Crippen LogP contribution in [0.2, 0.25) is 0 Å². The molecule has 1 aromatic rings. The maximum atomic E-state index is 12.8. The van der Waals surface area contributed by atoms with Crippen molar-refractivity contribution in [2.24, 2.45) is 0 Å². The molecule has 1 aromatic heterocycles. The summed E-state index contributed by atoms with van der Waals surface area (Å²) in [5.74, 6) is -3.68. The average Bonchev–Trinajstić information content (AvgIpc) is 1.96. The quantitative estimate of drug-likeness (QED) is 0.621. The maximum absolute atomic E-state index is 12.8. The second-order valence-electron chi connectivity index (χ2n) is 2.79. The van der Waals surface area contributed by atoms with Gasteiger partial charge in [-0.05, 0) is 17.5 Å². The number of hydrogen-bond acceptors (Lipinski definition) is 1. The minimum atomic E-state index is -1.38. The zero-order valence-electron chi connectivity index (χ0n) is 6.74. The molecule has 0 fully saturated rings. The van der Waals surface area contributed by atoms with Crippen LogP contribution in [0.1, 0.15) is 32.8 Å². The molecule has 0 aliphatic rings. The lowest BCUT2D eigenvalue weighted by Gasteiger charge is -2.06. The second-order valence-corrected chi connectivity index (χ2v) is 2.79. The topological polar surface area (TPSA) is 12.9 Å². The van der Waals surface area contributed by atoms with Crippen LogP contribution < -0.4 is 0 Å². The Morgan fingerprint density at radius 3 is 2.23 bits per heavy atom. The molecule has 0 unspecified atom stereocenters. The van der Waals surface area contributed by atoms with Crippen molar-refractivity contribution in [2.75, 3.05) is 0 Å². The van der Waals surface area contributed by atoms with E-state index in [4.69, 9.17) is 0 Å². The van der Waals surface area contributed by atoms with Gasteiger partial charge in [0.1, 0.15) is 0 Å². The van der Waals surface area contributed by atoms with E-state index in [2.05, 4.69) is 4.98 Å². The van der Waals surface area contributed by atoms with Crippen molar-refractivity contribution < 1.29 is 13.2 Å². The van der Waals surface area contributed by atoms with E-state index in [0.29, 0.717) is 0 Å². The van der Waals surface area contributed by atoms with Gasteiger partial charge in [0.2, 0.25) is 5.95 Å². The smallest absolute Gasteiger partial charge is 0.202 e. The highest BCUT2D eigenvalue weighted by molar-refractivity contribution is 5.18. The lowest BCUT2D eigenvalue weighted by molar-refractivity contribution is 0.435. The molecule has 0 atom stereocenters. The fourth-order valence-electron chi connectivity index (χ4n) is 0.906. The first kappa shape index (κ1) is 11.9. The highest BCUT2D eigenvalue weighted by atomic mass is 19.2. The summed E-state index contributed by atoms with van der Waals surface area (Å²) in [6.45, 7) is 3.30. The van der Waals surface area contributed by atoms with Crippen LogP contribution in [0.3, 0.4) is 0 Å². The number of halogens is 3. The van der Waals surface area contributed by atoms with Gasteiger partial charge < -0.3 is 0 Å². The predicted octanol–water partition coefficient (Wildman–Crippen LogP) is 3.26. The van der Waals surface area contributed by atoms with E-state index in [1.54, 1.807) is 13.8 Å². The Labute approximate surface area is 75.6 Å². The normalized spacial score (nSPS) is 10.0. The van der Waals surface area contributed by atoms with Crippen molar-refractivity contribution in [2.45, 2.75) is 27.2 Å². The molecular weight excluding hydrogens is 179 g/mol. The molecule has 1 rings (SSSR count). The fraction of sp³-hybridized carbons (Fsp3) is 0.444. The Morgan fingerprint density at radius 1 is 1.23 bits per heavy atom. The Balaban J connectivity index is 0.00000144. The van der Waals surface area contributed by atoms with Crippen LogP contribution in [0.4, 0.5) is 13.2 Å². The molecule has 0 aromatic carbocycles. The molecule has 0 saturated heterocycles. The van der Waals surface area contributed by atoms with Gasteiger partial charge in [-0.3, -0.25) is 0 Å². The Hall–Kier alpha value is -1.06. The number of aromatic nitrogens is 1. The van der Waals surface area contributed by atoms with Crippen LogP contribution in [-0.2, 0) is 0 Å². The van der Waals surface area contributed by atoms with Gasteiger partial charge in [-0.1, -0.05) is 21.3 Å². The van der Waals surface area contributed by atoms with Gasteiger partial charge >= 0.3 is 0 Å². The third-order valence-corrected chi connectivity index (χ3v) is 1.54. The van der Waals surface area contributed by atoms with Gasteiger partial charge in [0.25, 0.3) is 5.95 Å². The van der Waals surface area contributed by atoms with Crippen molar-refractivity contribution in [3.63, 3.8) is 0 Å². The summed E-state index contributed by atoms with van der Waals surface area (Å²) in [5.41, 5.74) is 0.0139. The second kappa shape index (κ2) is 4.25. The Kier molecular flexibility index (Phi) is 3.91. The summed E-state index contributed by atoms with van der Waals surface area (Å²) in [5, 5.41) is 0. The monoisotopic (exact) mass is 191 g/mol. The van der Waals surface area contributed by atoms with E-state index >= 15 is 0 Å². The molecule has 0 N–H and O–H groups in total. The van der Waals surface area contributed by atoms with Crippen molar-refractivity contribution in [1.82, 2.24) is 4.98 Å². The predicted molar refractivity (Wildman–Crippen MR) is 44.9 cm³/mol. The molecule has 13 heavy (non-hydrogen) atoms. The minimum Gasteiger partial charge on any atom is -0.202 e. The van der Waals surface area contributed by atoms with Crippen molar-refractivity contribution in [3.8, 4) is 0 Å². The van der Waals surface area contributed by atoms with E-state index in [0.717, 1.165) is 6.07 Å². The lowest BCUT2D eigenvalue weighted by Crippen LogP contribution is -2.01. The van der Waals surface area contributed by atoms with Crippen molar-refractivity contribution in [1.29, 1.82) is 0 Å². The van der Waals surface area contributed by atoms with Gasteiger partial charge in [-0.15, -0.1) is 0 Å². The molecule has 1 nitrogen and oxygen atoms in total. The Bertz CT molecular complexity index is 297. The van der Waals surface area contributed by atoms with Crippen LogP contribution in [0, 0.1) is 17.7 Å². The van der Waals surface area contributed by atoms with Crippen LogP contribution in [0.5, 0.6) is 0 Å². The molecule has 0 bridgehead atoms. The molecular formula is C9H12F3N. The molecule has 1 heterocycles. The molecule has 0 radical (unpaired) electrons. The lowest BCUT2D eigenvalue weighted by atomic mass is 10.0. The Morgan fingerprint density at radius 2 is 1.77 bits per heavy atom. The molecule has 0 saturated carbocycles.